The first-order valence-corrected chi connectivity index (χ1v) is 8.08. The fourth-order valence-electron chi connectivity index (χ4n) is 2.55. The van der Waals surface area contributed by atoms with Gasteiger partial charge in [0.15, 0.2) is 0 Å². The van der Waals surface area contributed by atoms with Crippen LogP contribution < -0.4 is 5.32 Å². The van der Waals surface area contributed by atoms with Gasteiger partial charge < -0.3 is 5.32 Å². The largest absolute Gasteiger partial charge is 0.306 e. The van der Waals surface area contributed by atoms with Crippen LogP contribution in [0, 0.1) is 19.7 Å². The van der Waals surface area contributed by atoms with Crippen molar-refractivity contribution in [3.8, 4) is 0 Å². The van der Waals surface area contributed by atoms with E-state index in [1.165, 1.54) is 5.56 Å². The van der Waals surface area contributed by atoms with Crippen molar-refractivity contribution in [1.82, 2.24) is 5.32 Å². The van der Waals surface area contributed by atoms with Crippen LogP contribution >= 0.6 is 15.9 Å². The van der Waals surface area contributed by atoms with E-state index in [0.29, 0.717) is 11.1 Å². The van der Waals surface area contributed by atoms with Gasteiger partial charge in [0.05, 0.1) is 6.04 Å². The van der Waals surface area contributed by atoms with Crippen molar-refractivity contribution in [2.45, 2.75) is 33.2 Å². The molecule has 0 amide bonds. The molecular weight excluding hydrogens is 329 g/mol. The smallest absolute Gasteiger partial charge is 0.129 e. The van der Waals surface area contributed by atoms with Crippen molar-refractivity contribution in [2.24, 2.45) is 0 Å². The van der Waals surface area contributed by atoms with E-state index < -0.39 is 0 Å². The summed E-state index contributed by atoms with van der Waals surface area (Å²) in [6, 6.07) is 12.1. The molecule has 2 rings (SSSR count). The van der Waals surface area contributed by atoms with Crippen molar-refractivity contribution < 1.29 is 4.39 Å². The van der Waals surface area contributed by atoms with Gasteiger partial charge in [-0.3, -0.25) is 0 Å². The fourth-order valence-corrected chi connectivity index (χ4v) is 3.07. The summed E-state index contributed by atoms with van der Waals surface area (Å²) in [7, 11) is 0. The van der Waals surface area contributed by atoms with Crippen LogP contribution in [-0.2, 0) is 0 Å². The van der Waals surface area contributed by atoms with E-state index >= 15 is 0 Å². The van der Waals surface area contributed by atoms with Crippen LogP contribution in [0.5, 0.6) is 0 Å². The van der Waals surface area contributed by atoms with Crippen molar-refractivity contribution in [3.05, 3.63) is 68.9 Å². The Morgan fingerprint density at radius 2 is 1.76 bits per heavy atom. The third kappa shape index (κ3) is 3.72. The van der Waals surface area contributed by atoms with E-state index in [9.17, 15) is 4.39 Å². The average Bonchev–Trinajstić information content (AvgIpc) is 2.46. The number of halogens is 2. The minimum atomic E-state index is -0.111. The standard InChI is InChI=1S/C18H21BrFN/c1-4-9-21-18(15-7-5-6-8-16(15)19)14-10-12(2)17(20)13(3)11-14/h5-8,10-11,18,21H,4,9H2,1-3H3. The fraction of sp³-hybridized carbons (Fsp3) is 0.333. The molecule has 1 atom stereocenters. The van der Waals surface area contributed by atoms with Gasteiger partial charge in [0.25, 0.3) is 0 Å². The van der Waals surface area contributed by atoms with Crippen molar-refractivity contribution in [2.75, 3.05) is 6.54 Å². The summed E-state index contributed by atoms with van der Waals surface area (Å²) in [6.45, 7) is 6.71. The summed E-state index contributed by atoms with van der Waals surface area (Å²) in [5.41, 5.74) is 3.67. The van der Waals surface area contributed by atoms with Crippen molar-refractivity contribution >= 4 is 15.9 Å². The molecule has 3 heteroatoms. The zero-order valence-corrected chi connectivity index (χ0v) is 14.3. The Labute approximate surface area is 134 Å². The van der Waals surface area contributed by atoms with Gasteiger partial charge in [-0.2, -0.15) is 0 Å². The molecule has 0 bridgehead atoms. The highest BCUT2D eigenvalue weighted by Gasteiger charge is 2.17. The molecule has 1 nitrogen and oxygen atoms in total. The number of hydrogen-bond donors (Lipinski definition) is 1. The highest BCUT2D eigenvalue weighted by Crippen LogP contribution is 2.30. The number of benzene rings is 2. The molecule has 0 aromatic heterocycles. The van der Waals surface area contributed by atoms with E-state index in [4.69, 9.17) is 0 Å². The van der Waals surface area contributed by atoms with E-state index in [1.807, 2.05) is 44.2 Å². The van der Waals surface area contributed by atoms with Gasteiger partial charge in [0.2, 0.25) is 0 Å². The average molecular weight is 350 g/mol. The second kappa shape index (κ2) is 7.19. The van der Waals surface area contributed by atoms with E-state index in [0.717, 1.165) is 23.0 Å². The second-order valence-electron chi connectivity index (χ2n) is 5.38. The van der Waals surface area contributed by atoms with Crippen LogP contribution in [0.3, 0.4) is 0 Å². The van der Waals surface area contributed by atoms with E-state index in [-0.39, 0.29) is 11.9 Å². The SMILES string of the molecule is CCCNC(c1cc(C)c(F)c(C)c1)c1ccccc1Br. The maximum absolute atomic E-state index is 13.9. The van der Waals surface area contributed by atoms with E-state index in [2.05, 4.69) is 34.2 Å². The summed E-state index contributed by atoms with van der Waals surface area (Å²) in [5.74, 6) is -0.111. The normalized spacial score (nSPS) is 12.4. The van der Waals surface area contributed by atoms with Gasteiger partial charge >= 0.3 is 0 Å². The predicted molar refractivity (Wildman–Crippen MR) is 90.2 cm³/mol. The van der Waals surface area contributed by atoms with Crippen molar-refractivity contribution in [1.29, 1.82) is 0 Å². The van der Waals surface area contributed by atoms with Crippen LogP contribution in [0.15, 0.2) is 40.9 Å². The zero-order valence-electron chi connectivity index (χ0n) is 12.7. The van der Waals surface area contributed by atoms with Crippen molar-refractivity contribution in [3.63, 3.8) is 0 Å². The van der Waals surface area contributed by atoms with Gasteiger partial charge in [-0.15, -0.1) is 0 Å². The molecule has 2 aromatic carbocycles. The molecule has 1 N–H and O–H groups in total. The Hall–Kier alpha value is -1.19. The summed E-state index contributed by atoms with van der Waals surface area (Å²) < 4.78 is 14.9. The second-order valence-corrected chi connectivity index (χ2v) is 6.23. The third-order valence-corrected chi connectivity index (χ3v) is 4.33. The summed E-state index contributed by atoms with van der Waals surface area (Å²) >= 11 is 3.62. The monoisotopic (exact) mass is 349 g/mol. The molecule has 0 saturated carbocycles. The minimum absolute atomic E-state index is 0.0681. The molecule has 1 unspecified atom stereocenters. The number of hydrogen-bond acceptors (Lipinski definition) is 1. The molecule has 0 fully saturated rings. The molecule has 0 spiro atoms. The molecule has 0 aliphatic carbocycles. The van der Waals surface area contributed by atoms with Gasteiger partial charge in [-0.25, -0.2) is 4.39 Å². The molecule has 112 valence electrons. The topological polar surface area (TPSA) is 12.0 Å². The summed E-state index contributed by atoms with van der Waals surface area (Å²) in [5, 5.41) is 3.56. The first-order chi connectivity index (χ1) is 10.0. The Kier molecular flexibility index (Phi) is 5.54. The van der Waals surface area contributed by atoms with Gasteiger partial charge in [0, 0.05) is 4.47 Å². The van der Waals surface area contributed by atoms with Crippen LogP contribution in [-0.4, -0.2) is 6.54 Å². The first kappa shape index (κ1) is 16.2. The molecule has 0 aliphatic heterocycles. The molecule has 0 aliphatic rings. The molecule has 2 aromatic rings. The van der Waals surface area contributed by atoms with Gasteiger partial charge in [-0.05, 0) is 55.1 Å². The Balaban J connectivity index is 2.48. The highest BCUT2D eigenvalue weighted by molar-refractivity contribution is 9.10. The number of aryl methyl sites for hydroxylation is 2. The quantitative estimate of drug-likeness (QED) is 0.772. The third-order valence-electron chi connectivity index (χ3n) is 3.61. The molecule has 21 heavy (non-hydrogen) atoms. The zero-order chi connectivity index (χ0) is 15.4. The first-order valence-electron chi connectivity index (χ1n) is 7.29. The predicted octanol–water partition coefficient (Wildman–Crippen LogP) is 5.29. The summed E-state index contributed by atoms with van der Waals surface area (Å²) in [6.07, 6.45) is 1.06. The molecular formula is C18H21BrFN. The van der Waals surface area contributed by atoms with Crippen LogP contribution in [0.2, 0.25) is 0 Å². The van der Waals surface area contributed by atoms with E-state index in [1.54, 1.807) is 0 Å². The van der Waals surface area contributed by atoms with Crippen LogP contribution in [0.1, 0.15) is 41.6 Å². The van der Waals surface area contributed by atoms with Crippen LogP contribution in [0.4, 0.5) is 4.39 Å². The van der Waals surface area contributed by atoms with Gasteiger partial charge in [0.1, 0.15) is 5.82 Å². The van der Waals surface area contributed by atoms with Crippen LogP contribution in [0.25, 0.3) is 0 Å². The Bertz CT molecular complexity index is 601. The maximum atomic E-state index is 13.9. The number of rotatable bonds is 5. The van der Waals surface area contributed by atoms with Gasteiger partial charge in [-0.1, -0.05) is 53.2 Å². The molecule has 0 radical (unpaired) electrons. The Morgan fingerprint density at radius 1 is 1.14 bits per heavy atom. The number of nitrogens with one attached hydrogen (secondary N) is 1. The lowest BCUT2D eigenvalue weighted by molar-refractivity contribution is 0.585. The minimum Gasteiger partial charge on any atom is -0.306 e. The Morgan fingerprint density at radius 3 is 2.33 bits per heavy atom. The molecule has 0 saturated heterocycles. The lowest BCUT2D eigenvalue weighted by Crippen LogP contribution is -2.24. The lowest BCUT2D eigenvalue weighted by atomic mass is 9.95. The lowest BCUT2D eigenvalue weighted by Gasteiger charge is -2.22. The highest BCUT2D eigenvalue weighted by atomic mass is 79.9. The molecule has 0 heterocycles. The maximum Gasteiger partial charge on any atom is 0.129 e. The summed E-state index contributed by atoms with van der Waals surface area (Å²) in [4.78, 5) is 0.